The second kappa shape index (κ2) is 8.08. The highest BCUT2D eigenvalue weighted by molar-refractivity contribution is 6.41. The largest absolute Gasteiger partial charge is 0.355 e. The van der Waals surface area contributed by atoms with Crippen LogP contribution in [0, 0.1) is 5.92 Å². The summed E-state index contributed by atoms with van der Waals surface area (Å²) in [7, 11) is 0. The minimum atomic E-state index is -0.173. The molecule has 0 radical (unpaired) electrons. The van der Waals surface area contributed by atoms with Gasteiger partial charge in [0.15, 0.2) is 0 Å². The molecule has 2 N–H and O–H groups in total. The fourth-order valence-corrected chi connectivity index (χ4v) is 3.65. The molecule has 1 aliphatic heterocycles. The Balaban J connectivity index is 1.62. The predicted octanol–water partition coefficient (Wildman–Crippen LogP) is 3.80. The molecule has 2 aromatic rings. The molecule has 6 nitrogen and oxygen atoms in total. The van der Waals surface area contributed by atoms with E-state index in [-0.39, 0.29) is 11.8 Å². The van der Waals surface area contributed by atoms with Crippen LogP contribution in [0.3, 0.4) is 0 Å². The Labute approximate surface area is 160 Å². The average molecular weight is 401 g/mol. The van der Waals surface area contributed by atoms with E-state index in [1.165, 1.54) is 0 Å². The Morgan fingerprint density at radius 1 is 1.20 bits per heavy atom. The summed E-state index contributed by atoms with van der Waals surface area (Å²) in [6.45, 7) is 1.43. The van der Waals surface area contributed by atoms with E-state index in [0.717, 1.165) is 25.2 Å². The molecule has 3 rings (SSSR count). The van der Waals surface area contributed by atoms with Crippen molar-refractivity contribution < 1.29 is 4.79 Å². The fourth-order valence-electron chi connectivity index (χ4n) is 2.74. The number of hydrogen-bond donors (Lipinski definition) is 2. The molecule has 0 spiro atoms. The number of halogens is 3. The van der Waals surface area contributed by atoms with Gasteiger partial charge in [-0.05, 0) is 25.0 Å². The molecule has 9 heteroatoms. The van der Waals surface area contributed by atoms with Crippen molar-refractivity contribution in [3.05, 3.63) is 45.8 Å². The number of amides is 1. The summed E-state index contributed by atoms with van der Waals surface area (Å²) in [5.41, 5.74) is 5.89. The summed E-state index contributed by atoms with van der Waals surface area (Å²) in [5.74, 6) is 0.473. The van der Waals surface area contributed by atoms with Gasteiger partial charge in [-0.3, -0.25) is 20.6 Å². The van der Waals surface area contributed by atoms with Gasteiger partial charge in [0.2, 0.25) is 5.91 Å². The summed E-state index contributed by atoms with van der Waals surface area (Å²) in [6.07, 6.45) is 6.67. The number of carbonyl (C=O) groups excluding carboxylic acids is 1. The Morgan fingerprint density at radius 2 is 1.96 bits per heavy atom. The molecule has 1 saturated heterocycles. The van der Waals surface area contributed by atoms with Gasteiger partial charge < -0.3 is 4.90 Å². The lowest BCUT2D eigenvalue weighted by Crippen LogP contribution is -2.45. The first-order valence-electron chi connectivity index (χ1n) is 7.76. The van der Waals surface area contributed by atoms with E-state index in [1.807, 2.05) is 0 Å². The van der Waals surface area contributed by atoms with Crippen LogP contribution in [0.4, 0.5) is 11.5 Å². The normalized spacial score (nSPS) is 17.2. The maximum atomic E-state index is 12.5. The lowest BCUT2D eigenvalue weighted by molar-refractivity contribution is -0.124. The van der Waals surface area contributed by atoms with Crippen LogP contribution >= 0.6 is 34.8 Å². The number of nitrogens with zero attached hydrogens (tertiary/aromatic N) is 3. The summed E-state index contributed by atoms with van der Waals surface area (Å²) >= 11 is 18.1. The molecule has 1 amide bonds. The van der Waals surface area contributed by atoms with E-state index < -0.39 is 0 Å². The highest BCUT2D eigenvalue weighted by Gasteiger charge is 2.26. The Morgan fingerprint density at radius 3 is 2.64 bits per heavy atom. The summed E-state index contributed by atoms with van der Waals surface area (Å²) in [4.78, 5) is 22.9. The van der Waals surface area contributed by atoms with Crippen molar-refractivity contribution in [1.29, 1.82) is 0 Å². The monoisotopic (exact) mass is 399 g/mol. The van der Waals surface area contributed by atoms with E-state index in [1.54, 1.807) is 30.7 Å². The van der Waals surface area contributed by atoms with Crippen molar-refractivity contribution in [2.24, 2.45) is 5.92 Å². The molecular weight excluding hydrogens is 385 g/mol. The van der Waals surface area contributed by atoms with E-state index in [0.29, 0.717) is 27.3 Å². The standard InChI is InChI=1S/C16H16Cl3N5O/c17-11-6-12(18)15(13(19)7-11)22-23-16(25)10-2-1-5-24(9-10)14-8-20-3-4-21-14/h3-4,6-8,10,22H,1-2,5,9H2,(H,23,25). The van der Waals surface area contributed by atoms with Gasteiger partial charge in [0, 0.05) is 30.5 Å². The van der Waals surface area contributed by atoms with E-state index in [2.05, 4.69) is 25.7 Å². The fraction of sp³-hybridized carbons (Fsp3) is 0.312. The Kier molecular flexibility index (Phi) is 5.83. The second-order valence-electron chi connectivity index (χ2n) is 5.71. The van der Waals surface area contributed by atoms with Crippen LogP contribution in [0.5, 0.6) is 0 Å². The number of hydrazine groups is 1. The van der Waals surface area contributed by atoms with Crippen LogP contribution in [-0.4, -0.2) is 29.0 Å². The lowest BCUT2D eigenvalue weighted by atomic mass is 9.97. The van der Waals surface area contributed by atoms with E-state index in [4.69, 9.17) is 34.8 Å². The lowest BCUT2D eigenvalue weighted by Gasteiger charge is -2.32. The van der Waals surface area contributed by atoms with Gasteiger partial charge in [-0.25, -0.2) is 4.98 Å². The molecule has 1 aromatic carbocycles. The first kappa shape index (κ1) is 18.0. The zero-order valence-electron chi connectivity index (χ0n) is 13.2. The number of carbonyl (C=O) groups is 1. The number of piperidine rings is 1. The van der Waals surface area contributed by atoms with Crippen molar-refractivity contribution >= 4 is 52.2 Å². The predicted molar refractivity (Wildman–Crippen MR) is 100 cm³/mol. The van der Waals surface area contributed by atoms with Gasteiger partial charge in [0.05, 0.1) is 27.8 Å². The first-order chi connectivity index (χ1) is 12.0. The smallest absolute Gasteiger partial charge is 0.243 e. The number of benzene rings is 1. The zero-order chi connectivity index (χ0) is 17.8. The molecule has 132 valence electrons. The molecule has 2 heterocycles. The molecule has 25 heavy (non-hydrogen) atoms. The minimum Gasteiger partial charge on any atom is -0.355 e. The summed E-state index contributed by atoms with van der Waals surface area (Å²) in [5, 5.41) is 1.10. The van der Waals surface area contributed by atoms with Gasteiger partial charge in [-0.15, -0.1) is 0 Å². The van der Waals surface area contributed by atoms with E-state index in [9.17, 15) is 4.79 Å². The molecular formula is C16H16Cl3N5O. The van der Waals surface area contributed by atoms with Crippen molar-refractivity contribution in [2.75, 3.05) is 23.4 Å². The molecule has 1 aromatic heterocycles. The summed E-state index contributed by atoms with van der Waals surface area (Å²) < 4.78 is 0. The topological polar surface area (TPSA) is 70.2 Å². The second-order valence-corrected chi connectivity index (χ2v) is 6.96. The molecule has 1 atom stereocenters. The van der Waals surface area contributed by atoms with Crippen molar-refractivity contribution in [3.63, 3.8) is 0 Å². The third kappa shape index (κ3) is 4.45. The average Bonchev–Trinajstić information content (AvgIpc) is 2.61. The molecule has 1 fully saturated rings. The molecule has 0 saturated carbocycles. The molecule has 0 bridgehead atoms. The van der Waals surface area contributed by atoms with Gasteiger partial charge in [0.1, 0.15) is 5.82 Å². The maximum absolute atomic E-state index is 12.5. The van der Waals surface area contributed by atoms with Crippen molar-refractivity contribution in [3.8, 4) is 0 Å². The Hall–Kier alpha value is -1.76. The molecule has 0 aliphatic carbocycles. The minimum absolute atomic E-state index is 0.129. The van der Waals surface area contributed by atoms with Crippen LogP contribution in [0.2, 0.25) is 15.1 Å². The van der Waals surface area contributed by atoms with Crippen LogP contribution in [-0.2, 0) is 4.79 Å². The van der Waals surface area contributed by atoms with Crippen LogP contribution in [0.25, 0.3) is 0 Å². The number of aromatic nitrogens is 2. The maximum Gasteiger partial charge on any atom is 0.243 e. The van der Waals surface area contributed by atoms with Gasteiger partial charge >= 0.3 is 0 Å². The highest BCUT2D eigenvalue weighted by Crippen LogP contribution is 2.33. The van der Waals surface area contributed by atoms with Crippen molar-refractivity contribution in [1.82, 2.24) is 15.4 Å². The number of rotatable bonds is 4. The number of hydrogen-bond acceptors (Lipinski definition) is 5. The molecule has 1 aliphatic rings. The van der Waals surface area contributed by atoms with Crippen LogP contribution < -0.4 is 15.8 Å². The quantitative estimate of drug-likeness (QED) is 0.764. The number of nitrogens with one attached hydrogen (secondary N) is 2. The first-order valence-corrected chi connectivity index (χ1v) is 8.89. The van der Waals surface area contributed by atoms with Gasteiger partial charge in [-0.1, -0.05) is 34.8 Å². The van der Waals surface area contributed by atoms with Gasteiger partial charge in [-0.2, -0.15) is 0 Å². The van der Waals surface area contributed by atoms with Crippen molar-refractivity contribution in [2.45, 2.75) is 12.8 Å². The zero-order valence-corrected chi connectivity index (χ0v) is 15.4. The van der Waals surface area contributed by atoms with Crippen LogP contribution in [0.1, 0.15) is 12.8 Å². The summed E-state index contributed by atoms with van der Waals surface area (Å²) in [6, 6.07) is 3.11. The van der Waals surface area contributed by atoms with E-state index >= 15 is 0 Å². The van der Waals surface area contributed by atoms with Gasteiger partial charge in [0.25, 0.3) is 0 Å². The third-order valence-corrected chi connectivity index (χ3v) is 4.80. The molecule has 1 unspecified atom stereocenters. The highest BCUT2D eigenvalue weighted by atomic mass is 35.5. The third-order valence-electron chi connectivity index (χ3n) is 3.98. The SMILES string of the molecule is O=C(NNc1c(Cl)cc(Cl)cc1Cl)C1CCCN(c2cnccn2)C1. The van der Waals surface area contributed by atoms with Crippen LogP contribution in [0.15, 0.2) is 30.7 Å². The Bertz CT molecular complexity index is 736. The number of anilines is 2.